The molecule has 1 aromatic carbocycles. The minimum atomic E-state index is 0.517. The summed E-state index contributed by atoms with van der Waals surface area (Å²) in [5, 5.41) is 0. The molecule has 3 nitrogen and oxygen atoms in total. The van der Waals surface area contributed by atoms with Crippen molar-refractivity contribution in [3.63, 3.8) is 0 Å². The van der Waals surface area contributed by atoms with Gasteiger partial charge in [0.2, 0.25) is 0 Å². The van der Waals surface area contributed by atoms with Crippen molar-refractivity contribution in [1.82, 2.24) is 4.90 Å². The van der Waals surface area contributed by atoms with Gasteiger partial charge in [-0.25, -0.2) is 0 Å². The average molecular weight is 232 g/mol. The molecule has 92 valence electrons. The summed E-state index contributed by atoms with van der Waals surface area (Å²) in [6, 6.07) is 8.52. The molecule has 1 aromatic rings. The number of rotatable bonds is 4. The van der Waals surface area contributed by atoms with Gasteiger partial charge < -0.3 is 10.5 Å². The number of morpholine rings is 1. The van der Waals surface area contributed by atoms with Gasteiger partial charge in [-0.3, -0.25) is 4.90 Å². The van der Waals surface area contributed by atoms with Crippen LogP contribution in [-0.4, -0.2) is 37.7 Å². The predicted molar refractivity (Wildman–Crippen MR) is 70.6 cm³/mol. The molecule has 0 unspecified atom stereocenters. The van der Waals surface area contributed by atoms with Crippen LogP contribution in [-0.2, 0) is 11.3 Å². The lowest BCUT2D eigenvalue weighted by molar-refractivity contribution is 0.0342. The maximum atomic E-state index is 5.57. The van der Waals surface area contributed by atoms with Crippen molar-refractivity contribution in [2.45, 2.75) is 6.54 Å². The third-order valence-corrected chi connectivity index (χ3v) is 3.12. The van der Waals surface area contributed by atoms with Crippen LogP contribution in [0.3, 0.4) is 0 Å². The van der Waals surface area contributed by atoms with Gasteiger partial charge in [-0.15, -0.1) is 0 Å². The number of hydrogen-bond acceptors (Lipinski definition) is 3. The Labute approximate surface area is 103 Å². The monoisotopic (exact) mass is 232 g/mol. The number of nitrogens with zero attached hydrogens (tertiary/aromatic N) is 1. The molecule has 0 spiro atoms. The summed E-state index contributed by atoms with van der Waals surface area (Å²) in [6.07, 6.45) is 0. The molecule has 17 heavy (non-hydrogen) atoms. The minimum Gasteiger partial charge on any atom is -0.379 e. The summed E-state index contributed by atoms with van der Waals surface area (Å²) in [7, 11) is 0. The SMILES string of the molecule is C=C(CN)c1ccc(CN2CCOCC2)cc1. The maximum absolute atomic E-state index is 5.57. The number of ether oxygens (including phenoxy) is 1. The van der Waals surface area contributed by atoms with Crippen LogP contribution in [0.1, 0.15) is 11.1 Å². The lowest BCUT2D eigenvalue weighted by Gasteiger charge is -2.26. The second-order valence-corrected chi connectivity index (χ2v) is 4.39. The van der Waals surface area contributed by atoms with E-state index in [-0.39, 0.29) is 0 Å². The molecule has 0 aromatic heterocycles. The molecular formula is C14H20N2O. The predicted octanol–water partition coefficient (Wildman–Crippen LogP) is 1.49. The van der Waals surface area contributed by atoms with Gasteiger partial charge >= 0.3 is 0 Å². The van der Waals surface area contributed by atoms with Crippen LogP contribution in [0.15, 0.2) is 30.8 Å². The number of benzene rings is 1. The van der Waals surface area contributed by atoms with Crippen LogP contribution in [0.4, 0.5) is 0 Å². The zero-order valence-electron chi connectivity index (χ0n) is 10.2. The highest BCUT2D eigenvalue weighted by Crippen LogP contribution is 2.14. The normalized spacial score (nSPS) is 17.0. The molecule has 0 bridgehead atoms. The van der Waals surface area contributed by atoms with Crippen LogP contribution in [0.25, 0.3) is 5.57 Å². The van der Waals surface area contributed by atoms with Crippen molar-refractivity contribution < 1.29 is 4.74 Å². The largest absolute Gasteiger partial charge is 0.379 e. The first kappa shape index (κ1) is 12.3. The second kappa shape index (κ2) is 5.96. The van der Waals surface area contributed by atoms with Crippen molar-refractivity contribution in [3.8, 4) is 0 Å². The van der Waals surface area contributed by atoms with Crippen LogP contribution in [0.5, 0.6) is 0 Å². The van der Waals surface area contributed by atoms with E-state index < -0.39 is 0 Å². The van der Waals surface area contributed by atoms with Gasteiger partial charge in [-0.2, -0.15) is 0 Å². The van der Waals surface area contributed by atoms with E-state index in [1.165, 1.54) is 5.56 Å². The molecule has 0 radical (unpaired) electrons. The van der Waals surface area contributed by atoms with E-state index in [1.54, 1.807) is 0 Å². The van der Waals surface area contributed by atoms with Crippen molar-refractivity contribution in [1.29, 1.82) is 0 Å². The molecule has 1 fully saturated rings. The summed E-state index contributed by atoms with van der Waals surface area (Å²) in [4.78, 5) is 2.41. The summed E-state index contributed by atoms with van der Waals surface area (Å²) in [6.45, 7) is 9.20. The van der Waals surface area contributed by atoms with Crippen molar-refractivity contribution >= 4 is 5.57 Å². The van der Waals surface area contributed by atoms with Gasteiger partial charge in [0, 0.05) is 26.2 Å². The van der Waals surface area contributed by atoms with Gasteiger partial charge in [-0.05, 0) is 16.7 Å². The zero-order chi connectivity index (χ0) is 12.1. The van der Waals surface area contributed by atoms with Crippen molar-refractivity contribution in [3.05, 3.63) is 42.0 Å². The molecule has 0 atom stereocenters. The van der Waals surface area contributed by atoms with Gasteiger partial charge in [0.05, 0.1) is 13.2 Å². The number of hydrogen-bond donors (Lipinski definition) is 1. The first-order chi connectivity index (χ1) is 8.29. The molecule has 3 heteroatoms. The van der Waals surface area contributed by atoms with Crippen LogP contribution in [0.2, 0.25) is 0 Å². The first-order valence-corrected chi connectivity index (χ1v) is 6.07. The Hall–Kier alpha value is -1.16. The van der Waals surface area contributed by atoms with Crippen LogP contribution < -0.4 is 5.73 Å². The topological polar surface area (TPSA) is 38.5 Å². The van der Waals surface area contributed by atoms with E-state index in [1.807, 2.05) is 0 Å². The van der Waals surface area contributed by atoms with Gasteiger partial charge in [-0.1, -0.05) is 30.8 Å². The molecule has 1 saturated heterocycles. The third-order valence-electron chi connectivity index (χ3n) is 3.12. The van der Waals surface area contributed by atoms with E-state index in [2.05, 4.69) is 35.7 Å². The fraction of sp³-hybridized carbons (Fsp3) is 0.429. The first-order valence-electron chi connectivity index (χ1n) is 6.07. The Morgan fingerprint density at radius 1 is 1.24 bits per heavy atom. The smallest absolute Gasteiger partial charge is 0.0594 e. The van der Waals surface area contributed by atoms with Crippen LogP contribution >= 0.6 is 0 Å². The lowest BCUT2D eigenvalue weighted by Crippen LogP contribution is -2.35. The highest BCUT2D eigenvalue weighted by atomic mass is 16.5. The summed E-state index contributed by atoms with van der Waals surface area (Å²) in [5.74, 6) is 0. The Morgan fingerprint density at radius 3 is 2.47 bits per heavy atom. The Kier molecular flexibility index (Phi) is 4.31. The number of nitrogens with two attached hydrogens (primary N) is 1. The molecule has 1 aliphatic rings. The molecule has 1 heterocycles. The highest BCUT2D eigenvalue weighted by molar-refractivity contribution is 5.64. The summed E-state index contributed by atoms with van der Waals surface area (Å²) >= 11 is 0. The maximum Gasteiger partial charge on any atom is 0.0594 e. The Bertz CT molecular complexity index is 366. The molecular weight excluding hydrogens is 212 g/mol. The molecule has 2 N–H and O–H groups in total. The van der Waals surface area contributed by atoms with E-state index in [9.17, 15) is 0 Å². The van der Waals surface area contributed by atoms with Crippen LogP contribution in [0, 0.1) is 0 Å². The summed E-state index contributed by atoms with van der Waals surface area (Å²) in [5.41, 5.74) is 9.03. The van der Waals surface area contributed by atoms with Crippen molar-refractivity contribution in [2.75, 3.05) is 32.8 Å². The van der Waals surface area contributed by atoms with E-state index in [0.29, 0.717) is 6.54 Å². The quantitative estimate of drug-likeness (QED) is 0.855. The fourth-order valence-corrected chi connectivity index (χ4v) is 1.98. The molecule has 0 amide bonds. The fourth-order valence-electron chi connectivity index (χ4n) is 1.98. The highest BCUT2D eigenvalue weighted by Gasteiger charge is 2.10. The van der Waals surface area contributed by atoms with Gasteiger partial charge in [0.1, 0.15) is 0 Å². The van der Waals surface area contributed by atoms with Crippen molar-refractivity contribution in [2.24, 2.45) is 5.73 Å². The minimum absolute atomic E-state index is 0.517. The molecule has 1 aliphatic heterocycles. The van der Waals surface area contributed by atoms with E-state index in [0.717, 1.165) is 44.0 Å². The molecule has 0 aliphatic carbocycles. The average Bonchev–Trinajstić information content (AvgIpc) is 2.40. The van der Waals surface area contributed by atoms with Gasteiger partial charge in [0.15, 0.2) is 0 Å². The molecule has 0 saturated carbocycles. The summed E-state index contributed by atoms with van der Waals surface area (Å²) < 4.78 is 5.34. The Morgan fingerprint density at radius 2 is 1.88 bits per heavy atom. The van der Waals surface area contributed by atoms with E-state index in [4.69, 9.17) is 10.5 Å². The van der Waals surface area contributed by atoms with Gasteiger partial charge in [0.25, 0.3) is 0 Å². The zero-order valence-corrected chi connectivity index (χ0v) is 10.2. The van der Waals surface area contributed by atoms with E-state index >= 15 is 0 Å². The standard InChI is InChI=1S/C14H20N2O/c1-12(10-15)14-4-2-13(3-5-14)11-16-6-8-17-9-7-16/h2-5H,1,6-11,15H2. The molecule has 2 rings (SSSR count). The second-order valence-electron chi connectivity index (χ2n) is 4.39. The Balaban J connectivity index is 1.95. The third kappa shape index (κ3) is 3.40. The lowest BCUT2D eigenvalue weighted by atomic mass is 10.1.